The first kappa shape index (κ1) is 14.1. The highest BCUT2D eigenvalue weighted by molar-refractivity contribution is 5.31. The van der Waals surface area contributed by atoms with Crippen molar-refractivity contribution in [2.45, 2.75) is 31.8 Å². The van der Waals surface area contributed by atoms with E-state index < -0.39 is 0 Å². The third-order valence-electron chi connectivity index (χ3n) is 4.11. The molecule has 0 bridgehead atoms. The van der Waals surface area contributed by atoms with Crippen molar-refractivity contribution in [2.24, 2.45) is 5.92 Å². The lowest BCUT2D eigenvalue weighted by atomic mass is 9.97. The van der Waals surface area contributed by atoms with Crippen LogP contribution in [0.2, 0.25) is 0 Å². The van der Waals surface area contributed by atoms with Crippen molar-refractivity contribution in [1.29, 1.82) is 0 Å². The van der Waals surface area contributed by atoms with Crippen LogP contribution < -0.4 is 5.32 Å². The molecule has 0 spiro atoms. The molecule has 2 aliphatic rings. The second-order valence-electron chi connectivity index (χ2n) is 5.88. The van der Waals surface area contributed by atoms with Crippen molar-refractivity contribution in [3.63, 3.8) is 0 Å². The van der Waals surface area contributed by atoms with Crippen LogP contribution in [0.25, 0.3) is 0 Å². The van der Waals surface area contributed by atoms with Gasteiger partial charge in [0.15, 0.2) is 0 Å². The predicted molar refractivity (Wildman–Crippen MR) is 79.9 cm³/mol. The Morgan fingerprint density at radius 3 is 3.05 bits per heavy atom. The Morgan fingerprint density at radius 1 is 1.25 bits per heavy atom. The van der Waals surface area contributed by atoms with E-state index in [1.807, 2.05) is 0 Å². The summed E-state index contributed by atoms with van der Waals surface area (Å²) in [5, 5.41) is 3.49. The van der Waals surface area contributed by atoms with E-state index in [2.05, 4.69) is 29.6 Å². The Labute approximate surface area is 121 Å². The Hall–Kier alpha value is -0.900. The van der Waals surface area contributed by atoms with E-state index in [1.165, 1.54) is 24.0 Å². The number of hydrogen-bond acceptors (Lipinski definition) is 3. The SMILES string of the molecule is c1ccc2c(c1)CCOC2CNCCCOCC1CC1. The molecule has 1 aliphatic heterocycles. The molecule has 1 N–H and O–H groups in total. The normalized spacial score (nSPS) is 21.7. The summed E-state index contributed by atoms with van der Waals surface area (Å²) in [4.78, 5) is 0. The van der Waals surface area contributed by atoms with Crippen molar-refractivity contribution in [1.82, 2.24) is 5.32 Å². The van der Waals surface area contributed by atoms with E-state index in [0.717, 1.165) is 51.7 Å². The van der Waals surface area contributed by atoms with Gasteiger partial charge in [0, 0.05) is 19.8 Å². The second kappa shape index (κ2) is 7.21. The zero-order valence-electron chi connectivity index (χ0n) is 12.1. The summed E-state index contributed by atoms with van der Waals surface area (Å²) in [7, 11) is 0. The van der Waals surface area contributed by atoms with Gasteiger partial charge in [-0.1, -0.05) is 24.3 Å². The van der Waals surface area contributed by atoms with Crippen LogP contribution in [0.15, 0.2) is 24.3 Å². The highest BCUT2D eigenvalue weighted by atomic mass is 16.5. The third kappa shape index (κ3) is 4.05. The molecule has 0 aromatic heterocycles. The Kier molecular flexibility index (Phi) is 5.06. The zero-order chi connectivity index (χ0) is 13.6. The number of rotatable bonds is 8. The summed E-state index contributed by atoms with van der Waals surface area (Å²) in [6.07, 6.45) is 5.09. The van der Waals surface area contributed by atoms with Gasteiger partial charge in [0.2, 0.25) is 0 Å². The summed E-state index contributed by atoms with van der Waals surface area (Å²) < 4.78 is 11.5. The minimum absolute atomic E-state index is 0.215. The number of fused-ring (bicyclic) bond motifs is 1. The number of hydrogen-bond donors (Lipinski definition) is 1. The largest absolute Gasteiger partial charge is 0.381 e. The number of benzene rings is 1. The lowest BCUT2D eigenvalue weighted by molar-refractivity contribution is 0.0420. The van der Waals surface area contributed by atoms with Gasteiger partial charge < -0.3 is 14.8 Å². The average Bonchev–Trinajstić information content (AvgIpc) is 3.30. The fraction of sp³-hybridized carbons (Fsp3) is 0.647. The molecule has 0 saturated heterocycles. The molecule has 20 heavy (non-hydrogen) atoms. The molecule has 3 nitrogen and oxygen atoms in total. The van der Waals surface area contributed by atoms with E-state index in [9.17, 15) is 0 Å². The van der Waals surface area contributed by atoms with E-state index in [0.29, 0.717) is 0 Å². The summed E-state index contributed by atoms with van der Waals surface area (Å²) in [5.41, 5.74) is 2.80. The third-order valence-corrected chi connectivity index (χ3v) is 4.11. The van der Waals surface area contributed by atoms with Crippen molar-refractivity contribution in [2.75, 3.05) is 32.9 Å². The summed E-state index contributed by atoms with van der Waals surface area (Å²) >= 11 is 0. The standard InChI is InChI=1S/C17H25NO2/c1-2-5-16-15(4-1)8-11-20-17(16)12-18-9-3-10-19-13-14-6-7-14/h1-2,4-5,14,17-18H,3,6-13H2. The van der Waals surface area contributed by atoms with Crippen LogP contribution in [-0.2, 0) is 15.9 Å². The van der Waals surface area contributed by atoms with E-state index in [4.69, 9.17) is 9.47 Å². The van der Waals surface area contributed by atoms with Crippen LogP contribution in [0.3, 0.4) is 0 Å². The van der Waals surface area contributed by atoms with E-state index in [1.54, 1.807) is 0 Å². The van der Waals surface area contributed by atoms with Gasteiger partial charge in [-0.05, 0) is 49.3 Å². The molecule has 0 radical (unpaired) electrons. The predicted octanol–water partition coefficient (Wildman–Crippen LogP) is 2.71. The molecule has 1 saturated carbocycles. The molecule has 1 aromatic rings. The van der Waals surface area contributed by atoms with Gasteiger partial charge in [-0.2, -0.15) is 0 Å². The van der Waals surface area contributed by atoms with Crippen molar-refractivity contribution < 1.29 is 9.47 Å². The minimum atomic E-state index is 0.215. The Morgan fingerprint density at radius 2 is 2.15 bits per heavy atom. The average molecular weight is 275 g/mol. The lowest BCUT2D eigenvalue weighted by Crippen LogP contribution is -2.28. The first-order chi connectivity index (χ1) is 9.93. The summed E-state index contributed by atoms with van der Waals surface area (Å²) in [6.45, 7) is 4.60. The summed E-state index contributed by atoms with van der Waals surface area (Å²) in [5.74, 6) is 0.870. The Balaban J connectivity index is 1.32. The van der Waals surface area contributed by atoms with Crippen LogP contribution in [0, 0.1) is 5.92 Å². The van der Waals surface area contributed by atoms with Gasteiger partial charge >= 0.3 is 0 Å². The van der Waals surface area contributed by atoms with Crippen molar-refractivity contribution in [3.05, 3.63) is 35.4 Å². The Bertz CT molecular complexity index is 417. The fourth-order valence-corrected chi connectivity index (χ4v) is 2.71. The van der Waals surface area contributed by atoms with Gasteiger partial charge in [-0.25, -0.2) is 0 Å². The maximum absolute atomic E-state index is 5.88. The molecule has 1 aliphatic carbocycles. The topological polar surface area (TPSA) is 30.5 Å². The van der Waals surface area contributed by atoms with Gasteiger partial charge in [0.05, 0.1) is 12.7 Å². The number of nitrogens with one attached hydrogen (secondary N) is 1. The molecule has 3 rings (SSSR count). The van der Waals surface area contributed by atoms with Crippen LogP contribution in [0.1, 0.15) is 36.5 Å². The molecule has 1 aromatic carbocycles. The molecule has 110 valence electrons. The maximum atomic E-state index is 5.88. The molecule has 0 amide bonds. The molecule has 1 heterocycles. The van der Waals surface area contributed by atoms with Crippen LogP contribution in [-0.4, -0.2) is 32.9 Å². The summed E-state index contributed by atoms with van der Waals surface area (Å²) in [6, 6.07) is 8.63. The molecule has 1 atom stereocenters. The highest BCUT2D eigenvalue weighted by Crippen LogP contribution is 2.28. The molecule has 1 fully saturated rings. The fourth-order valence-electron chi connectivity index (χ4n) is 2.71. The highest BCUT2D eigenvalue weighted by Gasteiger charge is 2.21. The second-order valence-corrected chi connectivity index (χ2v) is 5.88. The van der Waals surface area contributed by atoms with Crippen LogP contribution in [0.5, 0.6) is 0 Å². The molecular weight excluding hydrogens is 250 g/mol. The minimum Gasteiger partial charge on any atom is -0.381 e. The van der Waals surface area contributed by atoms with E-state index >= 15 is 0 Å². The van der Waals surface area contributed by atoms with E-state index in [-0.39, 0.29) is 6.10 Å². The molecular formula is C17H25NO2. The van der Waals surface area contributed by atoms with Gasteiger partial charge in [-0.3, -0.25) is 0 Å². The first-order valence-corrected chi connectivity index (χ1v) is 7.91. The van der Waals surface area contributed by atoms with Crippen LogP contribution >= 0.6 is 0 Å². The number of ether oxygens (including phenoxy) is 2. The molecule has 1 unspecified atom stereocenters. The monoisotopic (exact) mass is 275 g/mol. The zero-order valence-corrected chi connectivity index (χ0v) is 12.1. The quantitative estimate of drug-likeness (QED) is 0.740. The van der Waals surface area contributed by atoms with Crippen LogP contribution in [0.4, 0.5) is 0 Å². The van der Waals surface area contributed by atoms with Gasteiger partial charge in [-0.15, -0.1) is 0 Å². The van der Waals surface area contributed by atoms with Gasteiger partial charge in [0.25, 0.3) is 0 Å². The molecule has 3 heteroatoms. The van der Waals surface area contributed by atoms with Crippen molar-refractivity contribution in [3.8, 4) is 0 Å². The lowest BCUT2D eigenvalue weighted by Gasteiger charge is -2.26. The maximum Gasteiger partial charge on any atom is 0.0952 e. The first-order valence-electron chi connectivity index (χ1n) is 7.91. The van der Waals surface area contributed by atoms with Gasteiger partial charge in [0.1, 0.15) is 0 Å². The van der Waals surface area contributed by atoms with Crippen molar-refractivity contribution >= 4 is 0 Å². The smallest absolute Gasteiger partial charge is 0.0952 e.